The van der Waals surface area contributed by atoms with Crippen LogP contribution in [-0.2, 0) is 18.2 Å². The fourth-order valence-electron chi connectivity index (χ4n) is 3.86. The number of aryl methyl sites for hydroxylation is 2. The number of nitrogens with zero attached hydrogens (tertiary/aromatic N) is 4. The number of hydrogen-bond acceptors (Lipinski definition) is 4. The molecule has 2 atom stereocenters. The lowest BCUT2D eigenvalue weighted by atomic mass is 9.98. The van der Waals surface area contributed by atoms with E-state index in [4.69, 9.17) is 4.74 Å². The molecule has 2 N–H and O–H groups in total. The molecule has 1 fully saturated rings. The Morgan fingerprint density at radius 3 is 2.58 bits per heavy atom. The van der Waals surface area contributed by atoms with E-state index in [9.17, 15) is 4.79 Å². The van der Waals surface area contributed by atoms with Crippen LogP contribution in [0.1, 0.15) is 57.5 Å². The number of aromatic nitrogens is 2. The first-order chi connectivity index (χ1) is 14.0. The van der Waals surface area contributed by atoms with Gasteiger partial charge in [-0.25, -0.2) is 4.79 Å². The Balaban J connectivity index is 0.00000480. The summed E-state index contributed by atoms with van der Waals surface area (Å²) in [6.07, 6.45) is 2.76. The van der Waals surface area contributed by atoms with Crippen LogP contribution in [0.25, 0.3) is 0 Å². The topological polar surface area (TPSA) is 83.8 Å². The number of carbonyl (C=O) groups excluding carboxylic acids is 1. The van der Waals surface area contributed by atoms with Gasteiger partial charge in [0.25, 0.3) is 0 Å². The van der Waals surface area contributed by atoms with Gasteiger partial charge in [-0.3, -0.25) is 9.67 Å². The number of ether oxygens (including phenoxy) is 1. The summed E-state index contributed by atoms with van der Waals surface area (Å²) >= 11 is 0. The number of piperidine rings is 1. The first kappa shape index (κ1) is 27.5. The zero-order chi connectivity index (χ0) is 22.5. The molecule has 31 heavy (non-hydrogen) atoms. The van der Waals surface area contributed by atoms with Crippen molar-refractivity contribution in [1.29, 1.82) is 0 Å². The van der Waals surface area contributed by atoms with Crippen LogP contribution in [0.3, 0.4) is 0 Å². The second kappa shape index (κ2) is 11.9. The maximum atomic E-state index is 12.4. The molecule has 2 heterocycles. The fourth-order valence-corrected chi connectivity index (χ4v) is 3.86. The van der Waals surface area contributed by atoms with Crippen molar-refractivity contribution in [3.8, 4) is 0 Å². The molecule has 8 nitrogen and oxygen atoms in total. The molecule has 1 aliphatic heterocycles. The van der Waals surface area contributed by atoms with Gasteiger partial charge in [-0.2, -0.15) is 5.10 Å². The van der Waals surface area contributed by atoms with Gasteiger partial charge in [0, 0.05) is 45.5 Å². The molecule has 2 unspecified atom stereocenters. The Morgan fingerprint density at radius 1 is 1.35 bits per heavy atom. The van der Waals surface area contributed by atoms with E-state index in [1.54, 1.807) is 7.05 Å². The standard InChI is InChI=1S/C22H40N6O2.HI/c1-15(12-19-16(2)26-27(8)17(19)3)25-20(23-7)24-13-18-10-9-11-28(14-18)21(29)30-22(4,5)6;/h15,18H,9-14H2,1-8H3,(H2,23,24,25);1H. The van der Waals surface area contributed by atoms with Crippen molar-refractivity contribution < 1.29 is 9.53 Å². The number of carbonyl (C=O) groups is 1. The van der Waals surface area contributed by atoms with Crippen molar-refractivity contribution in [3.05, 3.63) is 17.0 Å². The Kier molecular flexibility index (Phi) is 10.6. The number of likely N-dealkylation sites (tertiary alicyclic amines) is 1. The Hall–Kier alpha value is -1.52. The summed E-state index contributed by atoms with van der Waals surface area (Å²) < 4.78 is 7.46. The molecule has 1 saturated heterocycles. The molecule has 1 aromatic heterocycles. The van der Waals surface area contributed by atoms with E-state index in [1.807, 2.05) is 37.4 Å². The molecule has 2 rings (SSSR count). The normalized spacial score (nSPS) is 18.3. The molecule has 0 bridgehead atoms. The number of hydrogen-bond donors (Lipinski definition) is 2. The van der Waals surface area contributed by atoms with Crippen LogP contribution in [0, 0.1) is 19.8 Å². The van der Waals surface area contributed by atoms with Crippen molar-refractivity contribution in [3.63, 3.8) is 0 Å². The molecule has 9 heteroatoms. The first-order valence-corrected chi connectivity index (χ1v) is 10.9. The van der Waals surface area contributed by atoms with Crippen molar-refractivity contribution >= 4 is 36.0 Å². The van der Waals surface area contributed by atoms with Gasteiger partial charge in [-0.05, 0) is 72.3 Å². The van der Waals surface area contributed by atoms with Crippen LogP contribution < -0.4 is 10.6 Å². The van der Waals surface area contributed by atoms with Gasteiger partial charge in [-0.15, -0.1) is 24.0 Å². The summed E-state index contributed by atoms with van der Waals surface area (Å²) in [5.41, 5.74) is 3.10. The largest absolute Gasteiger partial charge is 0.444 e. The lowest BCUT2D eigenvalue weighted by molar-refractivity contribution is 0.0168. The van der Waals surface area contributed by atoms with Crippen LogP contribution in [0.4, 0.5) is 4.79 Å². The number of guanidine groups is 1. The van der Waals surface area contributed by atoms with Crippen molar-refractivity contribution in [2.24, 2.45) is 18.0 Å². The molecule has 0 aliphatic carbocycles. The molecule has 1 aromatic rings. The first-order valence-electron chi connectivity index (χ1n) is 10.9. The smallest absolute Gasteiger partial charge is 0.410 e. The second-order valence-electron chi connectivity index (χ2n) is 9.41. The van der Waals surface area contributed by atoms with E-state index in [0.29, 0.717) is 12.5 Å². The molecule has 178 valence electrons. The zero-order valence-electron chi connectivity index (χ0n) is 20.4. The number of aliphatic imine (C=N–C) groups is 1. The molecular weight excluding hydrogens is 507 g/mol. The van der Waals surface area contributed by atoms with E-state index in [1.165, 1.54) is 11.3 Å². The van der Waals surface area contributed by atoms with Crippen LogP contribution in [-0.4, -0.2) is 65.1 Å². The summed E-state index contributed by atoms with van der Waals surface area (Å²) in [6.45, 7) is 14.3. The van der Waals surface area contributed by atoms with Gasteiger partial charge in [0.2, 0.25) is 0 Å². The van der Waals surface area contributed by atoms with E-state index < -0.39 is 5.60 Å². The van der Waals surface area contributed by atoms with Crippen molar-refractivity contribution in [1.82, 2.24) is 25.3 Å². The highest BCUT2D eigenvalue weighted by molar-refractivity contribution is 14.0. The van der Waals surface area contributed by atoms with Gasteiger partial charge < -0.3 is 20.3 Å². The summed E-state index contributed by atoms with van der Waals surface area (Å²) in [6, 6.07) is 0.224. The highest BCUT2D eigenvalue weighted by Gasteiger charge is 2.27. The minimum absolute atomic E-state index is 0. The fraction of sp³-hybridized carbons (Fsp3) is 0.773. The number of halogens is 1. The predicted molar refractivity (Wildman–Crippen MR) is 136 cm³/mol. The highest BCUT2D eigenvalue weighted by atomic mass is 127. The minimum Gasteiger partial charge on any atom is -0.444 e. The van der Waals surface area contributed by atoms with Crippen LogP contribution in [0.15, 0.2) is 4.99 Å². The predicted octanol–water partition coefficient (Wildman–Crippen LogP) is 3.40. The average Bonchev–Trinajstić information content (AvgIpc) is 2.90. The van der Waals surface area contributed by atoms with E-state index in [-0.39, 0.29) is 36.1 Å². The Bertz CT molecular complexity index is 756. The summed E-state index contributed by atoms with van der Waals surface area (Å²) in [5, 5.41) is 11.4. The lowest BCUT2D eigenvalue weighted by Crippen LogP contribution is -2.48. The highest BCUT2D eigenvalue weighted by Crippen LogP contribution is 2.19. The molecule has 1 aliphatic rings. The third-order valence-corrected chi connectivity index (χ3v) is 5.50. The van der Waals surface area contributed by atoms with Crippen molar-refractivity contribution in [2.45, 2.75) is 72.4 Å². The monoisotopic (exact) mass is 548 g/mol. The molecular formula is C22H41IN6O2. The van der Waals surface area contributed by atoms with Gasteiger partial charge in [0.1, 0.15) is 5.60 Å². The molecule has 0 saturated carbocycles. The third kappa shape index (κ3) is 8.50. The van der Waals surface area contributed by atoms with Crippen LogP contribution in [0.5, 0.6) is 0 Å². The van der Waals surface area contributed by atoms with Gasteiger partial charge in [0.05, 0.1) is 5.69 Å². The minimum atomic E-state index is -0.463. The summed E-state index contributed by atoms with van der Waals surface area (Å²) in [7, 11) is 3.77. The second-order valence-corrected chi connectivity index (χ2v) is 9.41. The maximum Gasteiger partial charge on any atom is 0.410 e. The summed E-state index contributed by atoms with van der Waals surface area (Å²) in [4.78, 5) is 18.6. The zero-order valence-corrected chi connectivity index (χ0v) is 22.7. The van der Waals surface area contributed by atoms with E-state index in [2.05, 4.69) is 41.5 Å². The van der Waals surface area contributed by atoms with Crippen molar-refractivity contribution in [2.75, 3.05) is 26.7 Å². The maximum absolute atomic E-state index is 12.4. The molecule has 0 spiro atoms. The van der Waals surface area contributed by atoms with Gasteiger partial charge in [0.15, 0.2) is 5.96 Å². The quantitative estimate of drug-likeness (QED) is 0.335. The lowest BCUT2D eigenvalue weighted by Gasteiger charge is -2.34. The number of nitrogens with one attached hydrogen (secondary N) is 2. The molecule has 0 aromatic carbocycles. The number of amides is 1. The average molecular weight is 549 g/mol. The third-order valence-electron chi connectivity index (χ3n) is 5.50. The van der Waals surface area contributed by atoms with Gasteiger partial charge in [-0.1, -0.05) is 0 Å². The Labute approximate surface area is 204 Å². The molecule has 1 amide bonds. The molecule has 0 radical (unpaired) electrons. The SMILES string of the molecule is CN=C(NCC1CCCN(C(=O)OC(C)(C)C)C1)NC(C)Cc1c(C)nn(C)c1C.I. The van der Waals surface area contributed by atoms with Gasteiger partial charge >= 0.3 is 6.09 Å². The van der Waals surface area contributed by atoms with Crippen LogP contribution in [0.2, 0.25) is 0 Å². The van der Waals surface area contributed by atoms with E-state index >= 15 is 0 Å². The Morgan fingerprint density at radius 2 is 2.03 bits per heavy atom. The summed E-state index contributed by atoms with van der Waals surface area (Å²) in [5.74, 6) is 1.17. The van der Waals surface area contributed by atoms with E-state index in [0.717, 1.165) is 44.0 Å². The van der Waals surface area contributed by atoms with Crippen LogP contribution >= 0.6 is 24.0 Å². The number of rotatable bonds is 5.